The lowest BCUT2D eigenvalue weighted by Crippen LogP contribution is -2.19. The molecule has 0 unspecified atom stereocenters. The molecule has 2 aromatic rings. The Morgan fingerprint density at radius 2 is 1.85 bits per heavy atom. The van der Waals surface area contributed by atoms with Crippen LogP contribution in [0.15, 0.2) is 58.1 Å². The SMILES string of the molecule is C/C(=N\NC(=O)c1ccc(O)cc1)c1cccc(Br)c1. The van der Waals surface area contributed by atoms with Crippen LogP contribution in [0.4, 0.5) is 0 Å². The minimum atomic E-state index is -0.320. The average Bonchev–Trinajstić information content (AvgIpc) is 2.45. The van der Waals surface area contributed by atoms with E-state index in [9.17, 15) is 4.79 Å². The Balaban J connectivity index is 2.08. The normalized spacial score (nSPS) is 11.2. The standard InChI is InChI=1S/C15H13BrN2O2/c1-10(12-3-2-4-13(16)9-12)17-18-15(20)11-5-7-14(19)8-6-11/h2-9,19H,1H3,(H,18,20)/b17-10+. The van der Waals surface area contributed by atoms with Crippen LogP contribution in [0.5, 0.6) is 5.75 Å². The molecule has 0 heterocycles. The Morgan fingerprint density at radius 1 is 1.15 bits per heavy atom. The van der Waals surface area contributed by atoms with E-state index in [0.717, 1.165) is 10.0 Å². The van der Waals surface area contributed by atoms with Crippen molar-refractivity contribution in [3.8, 4) is 5.75 Å². The number of phenols is 1. The molecule has 1 amide bonds. The lowest BCUT2D eigenvalue weighted by atomic mass is 10.1. The molecule has 0 saturated heterocycles. The maximum absolute atomic E-state index is 11.8. The number of benzene rings is 2. The summed E-state index contributed by atoms with van der Waals surface area (Å²) in [6.07, 6.45) is 0. The monoisotopic (exact) mass is 332 g/mol. The summed E-state index contributed by atoms with van der Waals surface area (Å²) < 4.78 is 0.953. The second-order valence-corrected chi connectivity index (χ2v) is 5.11. The third kappa shape index (κ3) is 3.68. The number of phenolic OH excluding ortho intramolecular Hbond substituents is 1. The number of carbonyl (C=O) groups excluding carboxylic acids is 1. The third-order valence-electron chi connectivity index (χ3n) is 2.70. The van der Waals surface area contributed by atoms with Gasteiger partial charge in [-0.25, -0.2) is 5.43 Å². The van der Waals surface area contributed by atoms with Gasteiger partial charge in [-0.2, -0.15) is 5.10 Å². The first-order valence-electron chi connectivity index (χ1n) is 5.96. The summed E-state index contributed by atoms with van der Waals surface area (Å²) in [7, 11) is 0. The highest BCUT2D eigenvalue weighted by Gasteiger charge is 2.05. The van der Waals surface area contributed by atoms with Gasteiger partial charge in [0.15, 0.2) is 0 Å². The smallest absolute Gasteiger partial charge is 0.271 e. The molecule has 0 aliphatic rings. The summed E-state index contributed by atoms with van der Waals surface area (Å²) in [5.41, 5.74) is 4.56. The Hall–Kier alpha value is -2.14. The highest BCUT2D eigenvalue weighted by atomic mass is 79.9. The van der Waals surface area contributed by atoms with Gasteiger partial charge >= 0.3 is 0 Å². The molecule has 0 atom stereocenters. The second-order valence-electron chi connectivity index (χ2n) is 4.20. The zero-order valence-corrected chi connectivity index (χ0v) is 12.4. The fourth-order valence-corrected chi connectivity index (χ4v) is 1.99. The number of amides is 1. The number of rotatable bonds is 3. The summed E-state index contributed by atoms with van der Waals surface area (Å²) in [4.78, 5) is 11.8. The number of halogens is 1. The van der Waals surface area contributed by atoms with Crippen LogP contribution in [0.25, 0.3) is 0 Å². The van der Waals surface area contributed by atoms with Gasteiger partial charge in [-0.15, -0.1) is 0 Å². The second kappa shape index (κ2) is 6.34. The number of hydrazone groups is 1. The summed E-state index contributed by atoms with van der Waals surface area (Å²) >= 11 is 3.39. The van der Waals surface area contributed by atoms with E-state index in [2.05, 4.69) is 26.5 Å². The van der Waals surface area contributed by atoms with E-state index in [0.29, 0.717) is 11.3 Å². The highest BCUT2D eigenvalue weighted by Crippen LogP contribution is 2.12. The number of nitrogens with zero attached hydrogens (tertiary/aromatic N) is 1. The van der Waals surface area contributed by atoms with E-state index in [1.54, 1.807) is 0 Å². The van der Waals surface area contributed by atoms with Crippen LogP contribution < -0.4 is 5.43 Å². The number of nitrogens with one attached hydrogen (secondary N) is 1. The summed E-state index contributed by atoms with van der Waals surface area (Å²) in [6, 6.07) is 13.6. The molecule has 0 bridgehead atoms. The Morgan fingerprint density at radius 3 is 2.50 bits per heavy atom. The van der Waals surface area contributed by atoms with Crippen LogP contribution in [-0.2, 0) is 0 Å². The number of aromatic hydroxyl groups is 1. The van der Waals surface area contributed by atoms with Gasteiger partial charge in [0.25, 0.3) is 5.91 Å². The topological polar surface area (TPSA) is 61.7 Å². The fourth-order valence-electron chi connectivity index (χ4n) is 1.59. The first-order valence-corrected chi connectivity index (χ1v) is 6.75. The van der Waals surface area contributed by atoms with E-state index in [-0.39, 0.29) is 11.7 Å². The molecule has 2 rings (SSSR count). The highest BCUT2D eigenvalue weighted by molar-refractivity contribution is 9.10. The molecule has 0 aliphatic heterocycles. The van der Waals surface area contributed by atoms with E-state index in [4.69, 9.17) is 5.11 Å². The number of carbonyl (C=O) groups is 1. The quantitative estimate of drug-likeness (QED) is 0.669. The molecule has 5 heteroatoms. The predicted octanol–water partition coefficient (Wildman–Crippen LogP) is 3.31. The summed E-state index contributed by atoms with van der Waals surface area (Å²) in [6.45, 7) is 1.82. The predicted molar refractivity (Wildman–Crippen MR) is 81.9 cm³/mol. The van der Waals surface area contributed by atoms with Gasteiger partial charge in [-0.3, -0.25) is 4.79 Å². The lowest BCUT2D eigenvalue weighted by Gasteiger charge is -2.03. The molecule has 0 radical (unpaired) electrons. The molecule has 0 fully saturated rings. The van der Waals surface area contributed by atoms with Crippen LogP contribution >= 0.6 is 15.9 Å². The van der Waals surface area contributed by atoms with Crippen LogP contribution in [-0.4, -0.2) is 16.7 Å². The van der Waals surface area contributed by atoms with Crippen molar-refractivity contribution in [2.24, 2.45) is 5.10 Å². The molecule has 2 N–H and O–H groups in total. The van der Waals surface area contributed by atoms with Crippen molar-refractivity contribution in [3.63, 3.8) is 0 Å². The third-order valence-corrected chi connectivity index (χ3v) is 3.19. The van der Waals surface area contributed by atoms with Crippen LogP contribution in [0.2, 0.25) is 0 Å². The minimum absolute atomic E-state index is 0.121. The Bertz CT molecular complexity index is 651. The van der Waals surface area contributed by atoms with Crippen molar-refractivity contribution in [1.29, 1.82) is 0 Å². The number of hydrogen-bond acceptors (Lipinski definition) is 3. The van der Waals surface area contributed by atoms with Crippen molar-refractivity contribution >= 4 is 27.5 Å². The Kier molecular flexibility index (Phi) is 4.53. The fraction of sp³-hybridized carbons (Fsp3) is 0.0667. The van der Waals surface area contributed by atoms with E-state index in [1.165, 1.54) is 24.3 Å². The Labute approximate surface area is 125 Å². The van der Waals surface area contributed by atoms with Crippen molar-refractivity contribution in [2.45, 2.75) is 6.92 Å². The van der Waals surface area contributed by atoms with E-state index < -0.39 is 0 Å². The van der Waals surface area contributed by atoms with Crippen LogP contribution in [0, 0.1) is 0 Å². The van der Waals surface area contributed by atoms with Crippen molar-refractivity contribution < 1.29 is 9.90 Å². The zero-order chi connectivity index (χ0) is 14.5. The van der Waals surface area contributed by atoms with Crippen molar-refractivity contribution in [2.75, 3.05) is 0 Å². The lowest BCUT2D eigenvalue weighted by molar-refractivity contribution is 0.0955. The molecule has 0 saturated carbocycles. The van der Waals surface area contributed by atoms with E-state index >= 15 is 0 Å². The molecular formula is C15H13BrN2O2. The largest absolute Gasteiger partial charge is 0.508 e. The van der Waals surface area contributed by atoms with Gasteiger partial charge in [0.1, 0.15) is 5.75 Å². The zero-order valence-electron chi connectivity index (χ0n) is 10.8. The molecule has 0 spiro atoms. The molecular weight excluding hydrogens is 320 g/mol. The molecule has 2 aromatic carbocycles. The maximum Gasteiger partial charge on any atom is 0.271 e. The first kappa shape index (κ1) is 14.3. The van der Waals surface area contributed by atoms with Crippen molar-refractivity contribution in [3.05, 3.63) is 64.1 Å². The van der Waals surface area contributed by atoms with Crippen molar-refractivity contribution in [1.82, 2.24) is 5.43 Å². The molecule has 102 valence electrons. The summed E-state index contributed by atoms with van der Waals surface area (Å²) in [5.74, 6) is -0.199. The van der Waals surface area contributed by atoms with Gasteiger partial charge in [-0.1, -0.05) is 28.1 Å². The minimum Gasteiger partial charge on any atom is -0.508 e. The number of hydrogen-bond donors (Lipinski definition) is 2. The van der Waals surface area contributed by atoms with Crippen LogP contribution in [0.1, 0.15) is 22.8 Å². The first-order chi connectivity index (χ1) is 9.56. The van der Waals surface area contributed by atoms with Gasteiger partial charge in [0.2, 0.25) is 0 Å². The van der Waals surface area contributed by atoms with Gasteiger partial charge in [-0.05, 0) is 48.9 Å². The summed E-state index contributed by atoms with van der Waals surface area (Å²) in [5, 5.41) is 13.2. The molecule has 4 nitrogen and oxygen atoms in total. The maximum atomic E-state index is 11.8. The molecule has 20 heavy (non-hydrogen) atoms. The van der Waals surface area contributed by atoms with Crippen LogP contribution in [0.3, 0.4) is 0 Å². The molecule has 0 aliphatic carbocycles. The van der Waals surface area contributed by atoms with Gasteiger partial charge in [0, 0.05) is 10.0 Å². The van der Waals surface area contributed by atoms with E-state index in [1.807, 2.05) is 31.2 Å². The molecule has 0 aromatic heterocycles. The average molecular weight is 333 g/mol. The van der Waals surface area contributed by atoms with Gasteiger partial charge in [0.05, 0.1) is 5.71 Å². The van der Waals surface area contributed by atoms with Gasteiger partial charge < -0.3 is 5.11 Å².